The maximum Gasteiger partial charge on any atom is 0.0300 e. The van der Waals surface area contributed by atoms with Crippen LogP contribution in [0.3, 0.4) is 0 Å². The molecule has 0 spiro atoms. The molecule has 0 amide bonds. The SMILES string of the molecule is Brc1csc(CNCC2CCN(C3CC3)C2)c1. The Morgan fingerprint density at radius 2 is 2.29 bits per heavy atom. The molecule has 1 unspecified atom stereocenters. The summed E-state index contributed by atoms with van der Waals surface area (Å²) >= 11 is 5.32. The van der Waals surface area contributed by atoms with Crippen molar-refractivity contribution in [1.29, 1.82) is 0 Å². The third-order valence-electron chi connectivity index (χ3n) is 3.73. The van der Waals surface area contributed by atoms with Gasteiger partial charge in [-0.15, -0.1) is 11.3 Å². The summed E-state index contributed by atoms with van der Waals surface area (Å²) in [6.45, 7) is 4.86. The van der Waals surface area contributed by atoms with Gasteiger partial charge >= 0.3 is 0 Å². The van der Waals surface area contributed by atoms with E-state index >= 15 is 0 Å². The first-order valence-corrected chi connectivity index (χ1v) is 8.16. The number of hydrogen-bond donors (Lipinski definition) is 1. The molecule has 17 heavy (non-hydrogen) atoms. The predicted molar refractivity (Wildman–Crippen MR) is 76.4 cm³/mol. The quantitative estimate of drug-likeness (QED) is 0.898. The summed E-state index contributed by atoms with van der Waals surface area (Å²) in [5.74, 6) is 0.874. The standard InChI is InChI=1S/C13H19BrN2S/c14-11-5-13(17-9-11)7-15-6-10-3-4-16(8-10)12-1-2-12/h5,9-10,12,15H,1-4,6-8H2. The van der Waals surface area contributed by atoms with Crippen molar-refractivity contribution in [2.75, 3.05) is 19.6 Å². The fraction of sp³-hybridized carbons (Fsp3) is 0.692. The number of rotatable bonds is 5. The lowest BCUT2D eigenvalue weighted by Gasteiger charge is -2.14. The van der Waals surface area contributed by atoms with Gasteiger partial charge in [0.2, 0.25) is 0 Å². The maximum absolute atomic E-state index is 3.60. The molecule has 3 rings (SSSR count). The van der Waals surface area contributed by atoms with Gasteiger partial charge in [-0.2, -0.15) is 0 Å². The molecule has 2 nitrogen and oxygen atoms in total. The zero-order valence-electron chi connectivity index (χ0n) is 9.99. The second kappa shape index (κ2) is 5.39. The summed E-state index contributed by atoms with van der Waals surface area (Å²) in [6, 6.07) is 3.16. The highest BCUT2D eigenvalue weighted by molar-refractivity contribution is 9.10. The second-order valence-corrected chi connectivity index (χ2v) is 7.15. The Labute approximate surface area is 116 Å². The molecule has 1 N–H and O–H groups in total. The molecule has 1 saturated carbocycles. The van der Waals surface area contributed by atoms with E-state index in [1.165, 1.54) is 48.2 Å². The van der Waals surface area contributed by atoms with Gasteiger partial charge < -0.3 is 10.2 Å². The number of thiophene rings is 1. The summed E-state index contributed by atoms with van der Waals surface area (Å²) < 4.78 is 1.21. The molecule has 0 bridgehead atoms. The first-order valence-electron chi connectivity index (χ1n) is 6.49. The Morgan fingerprint density at radius 3 is 3.00 bits per heavy atom. The van der Waals surface area contributed by atoms with Gasteiger partial charge in [-0.05, 0) is 60.3 Å². The molecule has 1 atom stereocenters. The van der Waals surface area contributed by atoms with E-state index < -0.39 is 0 Å². The lowest BCUT2D eigenvalue weighted by Crippen LogP contribution is -2.27. The molecule has 94 valence electrons. The van der Waals surface area contributed by atoms with Crippen LogP contribution in [-0.2, 0) is 6.54 Å². The van der Waals surface area contributed by atoms with Crippen molar-refractivity contribution in [2.45, 2.75) is 31.8 Å². The van der Waals surface area contributed by atoms with Crippen LogP contribution in [-0.4, -0.2) is 30.6 Å². The second-order valence-electron chi connectivity index (χ2n) is 5.24. The van der Waals surface area contributed by atoms with Crippen molar-refractivity contribution in [1.82, 2.24) is 10.2 Å². The highest BCUT2D eigenvalue weighted by Gasteiger charge is 2.33. The molecule has 1 aromatic rings. The Kier molecular flexibility index (Phi) is 3.85. The third kappa shape index (κ3) is 3.31. The van der Waals surface area contributed by atoms with Crippen LogP contribution in [0.4, 0.5) is 0 Å². The van der Waals surface area contributed by atoms with Crippen LogP contribution in [0.15, 0.2) is 15.9 Å². The van der Waals surface area contributed by atoms with Gasteiger partial charge in [-0.3, -0.25) is 0 Å². The van der Waals surface area contributed by atoms with Gasteiger partial charge in [-0.1, -0.05) is 0 Å². The van der Waals surface area contributed by atoms with Crippen molar-refractivity contribution in [2.24, 2.45) is 5.92 Å². The highest BCUT2D eigenvalue weighted by atomic mass is 79.9. The monoisotopic (exact) mass is 314 g/mol. The van der Waals surface area contributed by atoms with Gasteiger partial charge in [0.25, 0.3) is 0 Å². The van der Waals surface area contributed by atoms with E-state index in [4.69, 9.17) is 0 Å². The largest absolute Gasteiger partial charge is 0.312 e. The van der Waals surface area contributed by atoms with Crippen LogP contribution in [0.25, 0.3) is 0 Å². The van der Waals surface area contributed by atoms with Crippen molar-refractivity contribution in [3.8, 4) is 0 Å². The minimum Gasteiger partial charge on any atom is -0.312 e. The smallest absolute Gasteiger partial charge is 0.0300 e. The lowest BCUT2D eigenvalue weighted by atomic mass is 10.1. The summed E-state index contributed by atoms with van der Waals surface area (Å²) in [6.07, 6.45) is 4.28. The predicted octanol–water partition coefficient (Wildman–Crippen LogP) is 3.08. The minimum atomic E-state index is 0.874. The van der Waals surface area contributed by atoms with Gasteiger partial charge in [-0.25, -0.2) is 0 Å². The van der Waals surface area contributed by atoms with Crippen LogP contribution in [0.5, 0.6) is 0 Å². The Hall–Kier alpha value is 0.1000. The van der Waals surface area contributed by atoms with Crippen LogP contribution in [0.1, 0.15) is 24.1 Å². The Bertz CT molecular complexity index is 375. The number of nitrogens with zero attached hydrogens (tertiary/aromatic N) is 1. The number of likely N-dealkylation sites (tertiary alicyclic amines) is 1. The number of nitrogens with one attached hydrogen (secondary N) is 1. The molecule has 0 aromatic carbocycles. The third-order valence-corrected chi connectivity index (χ3v) is 5.43. The fourth-order valence-electron chi connectivity index (χ4n) is 2.65. The van der Waals surface area contributed by atoms with Gasteiger partial charge in [0, 0.05) is 33.9 Å². The van der Waals surface area contributed by atoms with E-state index in [1.54, 1.807) is 0 Å². The Morgan fingerprint density at radius 1 is 1.41 bits per heavy atom. The first-order chi connectivity index (χ1) is 8.31. The summed E-state index contributed by atoms with van der Waals surface area (Å²) in [5, 5.41) is 5.75. The van der Waals surface area contributed by atoms with E-state index in [0.29, 0.717) is 0 Å². The summed E-state index contributed by atoms with van der Waals surface area (Å²) in [4.78, 5) is 4.11. The zero-order chi connectivity index (χ0) is 11.7. The minimum absolute atomic E-state index is 0.874. The van der Waals surface area contributed by atoms with Gasteiger partial charge in [0.05, 0.1) is 0 Å². The van der Waals surface area contributed by atoms with Gasteiger partial charge in [0.1, 0.15) is 0 Å². The van der Waals surface area contributed by atoms with Crippen LogP contribution >= 0.6 is 27.3 Å². The summed E-state index contributed by atoms with van der Waals surface area (Å²) in [5.41, 5.74) is 0. The van der Waals surface area contributed by atoms with Gasteiger partial charge in [0.15, 0.2) is 0 Å². The van der Waals surface area contributed by atoms with E-state index in [-0.39, 0.29) is 0 Å². The molecular formula is C13H19BrN2S. The van der Waals surface area contributed by atoms with E-state index in [9.17, 15) is 0 Å². The first kappa shape index (κ1) is 12.2. The van der Waals surface area contributed by atoms with Crippen molar-refractivity contribution in [3.63, 3.8) is 0 Å². The normalized spacial score (nSPS) is 25.6. The lowest BCUT2D eigenvalue weighted by molar-refractivity contribution is 0.312. The summed E-state index contributed by atoms with van der Waals surface area (Å²) in [7, 11) is 0. The topological polar surface area (TPSA) is 15.3 Å². The number of halogens is 1. The molecule has 1 saturated heterocycles. The molecule has 2 heterocycles. The zero-order valence-corrected chi connectivity index (χ0v) is 12.4. The highest BCUT2D eigenvalue weighted by Crippen LogP contribution is 2.31. The average molecular weight is 315 g/mol. The van der Waals surface area contributed by atoms with E-state index in [2.05, 4.69) is 37.6 Å². The van der Waals surface area contributed by atoms with Crippen molar-refractivity contribution < 1.29 is 0 Å². The number of hydrogen-bond acceptors (Lipinski definition) is 3. The molecule has 1 aromatic heterocycles. The molecule has 2 aliphatic rings. The Balaban J connectivity index is 1.37. The van der Waals surface area contributed by atoms with E-state index in [0.717, 1.165) is 18.5 Å². The molecule has 1 aliphatic carbocycles. The van der Waals surface area contributed by atoms with Crippen molar-refractivity contribution >= 4 is 27.3 Å². The van der Waals surface area contributed by atoms with Crippen molar-refractivity contribution in [3.05, 3.63) is 20.8 Å². The van der Waals surface area contributed by atoms with Crippen LogP contribution in [0, 0.1) is 5.92 Å². The molecule has 4 heteroatoms. The van der Waals surface area contributed by atoms with Crippen LogP contribution < -0.4 is 5.32 Å². The van der Waals surface area contributed by atoms with Crippen LogP contribution in [0.2, 0.25) is 0 Å². The molecule has 2 fully saturated rings. The fourth-order valence-corrected chi connectivity index (χ4v) is 4.07. The average Bonchev–Trinajstić information content (AvgIpc) is 2.93. The van der Waals surface area contributed by atoms with E-state index in [1.807, 2.05) is 11.3 Å². The molecular weight excluding hydrogens is 296 g/mol. The molecule has 1 aliphatic heterocycles. The maximum atomic E-state index is 3.60. The molecule has 0 radical (unpaired) electrons.